The van der Waals surface area contributed by atoms with Gasteiger partial charge in [-0.15, -0.1) is 0 Å². The van der Waals surface area contributed by atoms with Gasteiger partial charge in [0.1, 0.15) is 12.4 Å². The summed E-state index contributed by atoms with van der Waals surface area (Å²) in [6, 6.07) is 7.59. The average molecular weight is 376 g/mol. The molecule has 2 saturated heterocycles. The van der Waals surface area contributed by atoms with Crippen LogP contribution in [0.2, 0.25) is 0 Å². The Kier molecular flexibility index (Phi) is 7.35. The van der Waals surface area contributed by atoms with Crippen molar-refractivity contribution in [2.75, 3.05) is 51.3 Å². The molecule has 2 amide bonds. The lowest BCUT2D eigenvalue weighted by Gasteiger charge is -2.35. The normalized spacial score (nSPS) is 21.3. The van der Waals surface area contributed by atoms with Gasteiger partial charge < -0.3 is 19.7 Å². The number of nitrogens with one attached hydrogen (secondary N) is 1. The van der Waals surface area contributed by atoms with E-state index in [1.165, 1.54) is 6.42 Å². The lowest BCUT2D eigenvalue weighted by Crippen LogP contribution is -2.50. The number of ether oxygens (including phenoxy) is 2. The molecule has 0 aliphatic carbocycles. The molecule has 6 nitrogen and oxygen atoms in total. The molecule has 1 aromatic rings. The Morgan fingerprint density at radius 3 is 2.70 bits per heavy atom. The molecule has 0 spiro atoms. The predicted octanol–water partition coefficient (Wildman–Crippen LogP) is 3.44. The number of benzene rings is 1. The minimum atomic E-state index is -0.0517. The van der Waals surface area contributed by atoms with Gasteiger partial charge in [0.15, 0.2) is 0 Å². The Morgan fingerprint density at radius 2 is 2.00 bits per heavy atom. The first-order valence-electron chi connectivity index (χ1n) is 10.2. The average Bonchev–Trinajstić information content (AvgIpc) is 2.68. The maximum absolute atomic E-state index is 12.7. The molecular weight excluding hydrogens is 342 g/mol. The van der Waals surface area contributed by atoms with Crippen LogP contribution in [0.4, 0.5) is 10.5 Å². The zero-order valence-electron chi connectivity index (χ0n) is 16.7. The second-order valence-electron chi connectivity index (χ2n) is 7.91. The Balaban J connectivity index is 1.50. The first kappa shape index (κ1) is 20.0. The molecule has 2 aliphatic rings. The van der Waals surface area contributed by atoms with Crippen molar-refractivity contribution in [3.05, 3.63) is 24.3 Å². The fourth-order valence-electron chi connectivity index (χ4n) is 3.66. The predicted molar refractivity (Wildman–Crippen MR) is 107 cm³/mol. The van der Waals surface area contributed by atoms with Gasteiger partial charge in [-0.25, -0.2) is 4.79 Å². The van der Waals surface area contributed by atoms with E-state index in [2.05, 4.69) is 24.1 Å². The molecule has 1 aromatic carbocycles. The summed E-state index contributed by atoms with van der Waals surface area (Å²) < 4.78 is 11.7. The van der Waals surface area contributed by atoms with Gasteiger partial charge in [-0.3, -0.25) is 4.90 Å². The largest absolute Gasteiger partial charge is 0.489 e. The van der Waals surface area contributed by atoms with Crippen LogP contribution in [0.3, 0.4) is 0 Å². The van der Waals surface area contributed by atoms with Crippen molar-refractivity contribution < 1.29 is 14.3 Å². The van der Waals surface area contributed by atoms with E-state index >= 15 is 0 Å². The molecule has 6 heteroatoms. The number of urea groups is 1. The summed E-state index contributed by atoms with van der Waals surface area (Å²) in [5.74, 6) is 1.36. The molecule has 0 bridgehead atoms. The van der Waals surface area contributed by atoms with Crippen LogP contribution in [0, 0.1) is 5.92 Å². The molecule has 0 unspecified atom stereocenters. The van der Waals surface area contributed by atoms with Gasteiger partial charge >= 0.3 is 6.03 Å². The Morgan fingerprint density at radius 1 is 1.22 bits per heavy atom. The molecule has 2 aliphatic heterocycles. The molecular formula is C21H33N3O3. The van der Waals surface area contributed by atoms with Crippen LogP contribution in [0.15, 0.2) is 24.3 Å². The van der Waals surface area contributed by atoms with Crippen LogP contribution in [-0.4, -0.2) is 67.9 Å². The molecule has 0 saturated carbocycles. The number of rotatable bonds is 6. The highest BCUT2D eigenvalue weighted by Gasteiger charge is 2.22. The first-order chi connectivity index (χ1) is 13.1. The highest BCUT2D eigenvalue weighted by Crippen LogP contribution is 2.25. The van der Waals surface area contributed by atoms with Crippen molar-refractivity contribution in [2.24, 2.45) is 5.92 Å². The number of para-hydroxylation sites is 2. The van der Waals surface area contributed by atoms with Crippen LogP contribution < -0.4 is 10.1 Å². The third kappa shape index (κ3) is 6.11. The number of nitrogens with zero attached hydrogens (tertiary/aromatic N) is 2. The number of piperazine rings is 1. The maximum atomic E-state index is 12.7. The van der Waals surface area contributed by atoms with Crippen LogP contribution in [0.5, 0.6) is 5.75 Å². The van der Waals surface area contributed by atoms with Crippen molar-refractivity contribution in [2.45, 2.75) is 39.2 Å². The minimum Gasteiger partial charge on any atom is -0.489 e. The Labute approximate surface area is 162 Å². The Hall–Kier alpha value is -1.79. The third-order valence-electron chi connectivity index (χ3n) is 5.11. The van der Waals surface area contributed by atoms with Crippen LogP contribution in [-0.2, 0) is 4.74 Å². The van der Waals surface area contributed by atoms with Gasteiger partial charge in [0, 0.05) is 39.3 Å². The zero-order valence-corrected chi connectivity index (χ0v) is 16.7. The van der Waals surface area contributed by atoms with E-state index < -0.39 is 0 Å². The second-order valence-corrected chi connectivity index (χ2v) is 7.91. The van der Waals surface area contributed by atoms with Gasteiger partial charge in [0.2, 0.25) is 0 Å². The molecule has 1 atom stereocenters. The summed E-state index contributed by atoms with van der Waals surface area (Å²) >= 11 is 0. The molecule has 27 heavy (non-hydrogen) atoms. The molecule has 3 rings (SSSR count). The van der Waals surface area contributed by atoms with Crippen molar-refractivity contribution in [3.63, 3.8) is 0 Å². The summed E-state index contributed by atoms with van der Waals surface area (Å²) in [6.45, 7) is 10.3. The summed E-state index contributed by atoms with van der Waals surface area (Å²) in [7, 11) is 0. The molecule has 2 fully saturated rings. The van der Waals surface area contributed by atoms with Gasteiger partial charge in [-0.2, -0.15) is 0 Å². The number of hydrogen-bond donors (Lipinski definition) is 1. The number of hydrogen-bond acceptors (Lipinski definition) is 4. The first-order valence-corrected chi connectivity index (χ1v) is 10.2. The summed E-state index contributed by atoms with van der Waals surface area (Å²) in [4.78, 5) is 17.0. The van der Waals surface area contributed by atoms with Crippen LogP contribution in [0.1, 0.15) is 33.1 Å². The zero-order chi connectivity index (χ0) is 19.1. The van der Waals surface area contributed by atoms with Crippen LogP contribution >= 0.6 is 0 Å². The van der Waals surface area contributed by atoms with E-state index in [0.717, 1.165) is 57.9 Å². The summed E-state index contributed by atoms with van der Waals surface area (Å²) in [5, 5.41) is 3.03. The number of anilines is 1. The summed E-state index contributed by atoms with van der Waals surface area (Å²) in [6.07, 6.45) is 3.51. The SMILES string of the molecule is CC(C)CN1CCN(C(=O)Nc2ccccc2OC[C@@H]2CCCCO2)CC1. The van der Waals surface area contributed by atoms with E-state index in [0.29, 0.717) is 18.3 Å². The maximum Gasteiger partial charge on any atom is 0.322 e. The van der Waals surface area contributed by atoms with E-state index in [9.17, 15) is 4.79 Å². The van der Waals surface area contributed by atoms with Gasteiger partial charge in [0.05, 0.1) is 11.8 Å². The number of amides is 2. The molecule has 0 aromatic heterocycles. The van der Waals surface area contributed by atoms with Gasteiger partial charge in [-0.05, 0) is 37.3 Å². The molecule has 150 valence electrons. The molecule has 1 N–H and O–H groups in total. The number of carbonyl (C=O) groups excluding carboxylic acids is 1. The quantitative estimate of drug-likeness (QED) is 0.828. The lowest BCUT2D eigenvalue weighted by atomic mass is 10.1. The third-order valence-corrected chi connectivity index (χ3v) is 5.11. The van der Waals surface area contributed by atoms with Crippen molar-refractivity contribution in [1.29, 1.82) is 0 Å². The van der Waals surface area contributed by atoms with Crippen molar-refractivity contribution in [1.82, 2.24) is 9.80 Å². The van der Waals surface area contributed by atoms with E-state index in [1.54, 1.807) is 0 Å². The molecule has 2 heterocycles. The Bertz CT molecular complexity index is 594. The van der Waals surface area contributed by atoms with E-state index in [-0.39, 0.29) is 12.1 Å². The molecule has 0 radical (unpaired) electrons. The fourth-order valence-corrected chi connectivity index (χ4v) is 3.66. The highest BCUT2D eigenvalue weighted by atomic mass is 16.5. The second kappa shape index (κ2) is 9.95. The van der Waals surface area contributed by atoms with Crippen molar-refractivity contribution in [3.8, 4) is 5.75 Å². The number of carbonyl (C=O) groups is 1. The van der Waals surface area contributed by atoms with E-state index in [1.807, 2.05) is 29.2 Å². The summed E-state index contributed by atoms with van der Waals surface area (Å²) in [5.41, 5.74) is 0.725. The van der Waals surface area contributed by atoms with Crippen LogP contribution in [0.25, 0.3) is 0 Å². The standard InChI is InChI=1S/C21H33N3O3/c1-17(2)15-23-10-12-24(13-11-23)21(25)22-19-8-3-4-9-20(19)27-16-18-7-5-6-14-26-18/h3-4,8-9,17-18H,5-7,10-16H2,1-2H3,(H,22,25)/t18-/m0/s1. The highest BCUT2D eigenvalue weighted by molar-refractivity contribution is 5.91. The topological polar surface area (TPSA) is 54.0 Å². The van der Waals surface area contributed by atoms with Crippen molar-refractivity contribution >= 4 is 11.7 Å². The lowest BCUT2D eigenvalue weighted by molar-refractivity contribution is -0.0109. The van der Waals surface area contributed by atoms with Gasteiger partial charge in [0.25, 0.3) is 0 Å². The van der Waals surface area contributed by atoms with Gasteiger partial charge in [-0.1, -0.05) is 26.0 Å². The monoisotopic (exact) mass is 375 g/mol. The smallest absolute Gasteiger partial charge is 0.322 e. The van der Waals surface area contributed by atoms with E-state index in [4.69, 9.17) is 9.47 Å². The fraction of sp³-hybridized carbons (Fsp3) is 0.667. The minimum absolute atomic E-state index is 0.0517.